The fraction of sp³-hybridized carbons (Fsp3) is 0.200. The maximum Gasteiger partial charge on any atom is 0.337 e. The number of hydrogen-bond donors (Lipinski definition) is 2. The molecule has 8 nitrogen and oxygen atoms in total. The second kappa shape index (κ2) is 9.24. The first-order chi connectivity index (χ1) is 14.0. The standard InChI is InChI=1S/C20H20N4O4S/c1-3-24-18(15-6-4-5-7-16(15)25)22-23-20(24)29-12-17(26)21-14-10-8-13(9-11-14)19(27)28-2/h4-11,25H,3,12H2,1-2H3,(H,21,26). The number of methoxy groups -OCH3 is 1. The zero-order chi connectivity index (χ0) is 20.8. The van der Waals surface area contributed by atoms with E-state index in [1.807, 2.05) is 17.6 Å². The van der Waals surface area contributed by atoms with Crippen LogP contribution in [0.4, 0.5) is 5.69 Å². The van der Waals surface area contributed by atoms with Gasteiger partial charge >= 0.3 is 5.97 Å². The number of aromatic hydroxyl groups is 1. The lowest BCUT2D eigenvalue weighted by molar-refractivity contribution is -0.113. The summed E-state index contributed by atoms with van der Waals surface area (Å²) < 4.78 is 6.49. The van der Waals surface area contributed by atoms with E-state index in [1.54, 1.807) is 42.5 Å². The second-order valence-corrected chi connectivity index (χ2v) is 6.92. The van der Waals surface area contributed by atoms with Crippen LogP contribution in [0.2, 0.25) is 0 Å². The van der Waals surface area contributed by atoms with Crippen LogP contribution in [0.25, 0.3) is 11.4 Å². The smallest absolute Gasteiger partial charge is 0.337 e. The molecule has 0 atom stereocenters. The molecule has 0 saturated carbocycles. The van der Waals surface area contributed by atoms with Gasteiger partial charge in [0.15, 0.2) is 11.0 Å². The van der Waals surface area contributed by atoms with E-state index in [-0.39, 0.29) is 17.4 Å². The molecule has 3 aromatic rings. The van der Waals surface area contributed by atoms with Crippen molar-refractivity contribution < 1.29 is 19.4 Å². The van der Waals surface area contributed by atoms with Gasteiger partial charge in [-0.3, -0.25) is 4.79 Å². The number of anilines is 1. The van der Waals surface area contributed by atoms with Crippen molar-refractivity contribution in [3.63, 3.8) is 0 Å². The highest BCUT2D eigenvalue weighted by molar-refractivity contribution is 7.99. The molecule has 1 heterocycles. The lowest BCUT2D eigenvalue weighted by atomic mass is 10.2. The molecule has 0 radical (unpaired) electrons. The molecule has 0 aliphatic heterocycles. The minimum Gasteiger partial charge on any atom is -0.507 e. The molecule has 2 aromatic carbocycles. The largest absolute Gasteiger partial charge is 0.507 e. The predicted molar refractivity (Wildman–Crippen MR) is 110 cm³/mol. The minimum atomic E-state index is -0.433. The van der Waals surface area contributed by atoms with E-state index in [1.165, 1.54) is 18.9 Å². The quantitative estimate of drug-likeness (QED) is 0.453. The average Bonchev–Trinajstić information content (AvgIpc) is 3.15. The molecule has 0 spiro atoms. The number of esters is 1. The molecule has 0 saturated heterocycles. The Hall–Kier alpha value is -3.33. The van der Waals surface area contributed by atoms with Crippen molar-refractivity contribution in [1.82, 2.24) is 14.8 Å². The molecular weight excluding hydrogens is 392 g/mol. The molecule has 0 bridgehead atoms. The molecule has 1 amide bonds. The zero-order valence-corrected chi connectivity index (χ0v) is 16.8. The van der Waals surface area contributed by atoms with Gasteiger partial charge in [-0.2, -0.15) is 0 Å². The van der Waals surface area contributed by atoms with E-state index in [4.69, 9.17) is 0 Å². The molecule has 9 heteroatoms. The zero-order valence-electron chi connectivity index (χ0n) is 16.0. The van der Waals surface area contributed by atoms with Gasteiger partial charge in [-0.1, -0.05) is 23.9 Å². The first-order valence-corrected chi connectivity index (χ1v) is 9.84. The summed E-state index contributed by atoms with van der Waals surface area (Å²) in [4.78, 5) is 23.7. The average molecular weight is 412 g/mol. The van der Waals surface area contributed by atoms with Crippen molar-refractivity contribution in [2.45, 2.75) is 18.6 Å². The van der Waals surface area contributed by atoms with Gasteiger partial charge < -0.3 is 19.7 Å². The topological polar surface area (TPSA) is 106 Å². The minimum absolute atomic E-state index is 0.124. The summed E-state index contributed by atoms with van der Waals surface area (Å²) in [6, 6.07) is 13.4. The Labute approximate surface area is 171 Å². The molecule has 0 unspecified atom stereocenters. The van der Waals surface area contributed by atoms with Crippen molar-refractivity contribution in [2.24, 2.45) is 0 Å². The molecule has 0 aliphatic carbocycles. The summed E-state index contributed by atoms with van der Waals surface area (Å²) in [5.41, 5.74) is 1.58. The van der Waals surface area contributed by atoms with Gasteiger partial charge in [0, 0.05) is 12.2 Å². The molecule has 1 aromatic heterocycles. The number of phenolic OH excluding ortho intramolecular Hbond substituents is 1. The Balaban J connectivity index is 1.65. The van der Waals surface area contributed by atoms with Crippen LogP contribution >= 0.6 is 11.8 Å². The first kappa shape index (κ1) is 20.4. The highest BCUT2D eigenvalue weighted by atomic mass is 32.2. The molecule has 0 aliphatic rings. The first-order valence-electron chi connectivity index (χ1n) is 8.86. The number of carbonyl (C=O) groups excluding carboxylic acids is 2. The van der Waals surface area contributed by atoms with Gasteiger partial charge in [-0.25, -0.2) is 4.79 Å². The molecule has 29 heavy (non-hydrogen) atoms. The van der Waals surface area contributed by atoms with Gasteiger partial charge in [-0.15, -0.1) is 10.2 Å². The van der Waals surface area contributed by atoms with Gasteiger partial charge in [0.1, 0.15) is 5.75 Å². The molecule has 2 N–H and O–H groups in total. The number of benzene rings is 2. The van der Waals surface area contributed by atoms with Gasteiger partial charge in [0.05, 0.1) is 24.0 Å². The van der Waals surface area contributed by atoms with Crippen molar-refractivity contribution >= 4 is 29.3 Å². The summed E-state index contributed by atoms with van der Waals surface area (Å²) in [5, 5.41) is 21.7. The molecule has 3 rings (SSSR count). The number of nitrogens with zero attached hydrogens (tertiary/aromatic N) is 3. The number of phenols is 1. The van der Waals surface area contributed by atoms with Crippen molar-refractivity contribution in [1.29, 1.82) is 0 Å². The summed E-state index contributed by atoms with van der Waals surface area (Å²) >= 11 is 1.25. The number of thioether (sulfide) groups is 1. The fourth-order valence-corrected chi connectivity index (χ4v) is 3.48. The third-order valence-corrected chi connectivity index (χ3v) is 5.07. The number of para-hydroxylation sites is 1. The Bertz CT molecular complexity index is 1020. The number of carbonyl (C=O) groups is 2. The summed E-state index contributed by atoms with van der Waals surface area (Å²) in [7, 11) is 1.31. The van der Waals surface area contributed by atoms with Crippen LogP contribution in [-0.4, -0.2) is 44.6 Å². The number of ether oxygens (including phenoxy) is 1. The Morgan fingerprint density at radius 1 is 1.14 bits per heavy atom. The van der Waals surface area contributed by atoms with E-state index in [0.29, 0.717) is 34.3 Å². The van der Waals surface area contributed by atoms with Crippen LogP contribution in [-0.2, 0) is 16.1 Å². The van der Waals surface area contributed by atoms with Crippen LogP contribution < -0.4 is 5.32 Å². The normalized spacial score (nSPS) is 10.6. The second-order valence-electron chi connectivity index (χ2n) is 5.97. The maximum atomic E-state index is 12.3. The van der Waals surface area contributed by atoms with E-state index in [2.05, 4.69) is 20.3 Å². The number of amides is 1. The lowest BCUT2D eigenvalue weighted by Crippen LogP contribution is -2.14. The van der Waals surface area contributed by atoms with Gasteiger partial charge in [0.2, 0.25) is 5.91 Å². The van der Waals surface area contributed by atoms with E-state index < -0.39 is 5.97 Å². The Morgan fingerprint density at radius 3 is 2.52 bits per heavy atom. The third kappa shape index (κ3) is 4.75. The number of aromatic nitrogens is 3. The number of nitrogens with one attached hydrogen (secondary N) is 1. The van der Waals surface area contributed by atoms with Gasteiger partial charge in [-0.05, 0) is 43.3 Å². The maximum absolute atomic E-state index is 12.3. The van der Waals surface area contributed by atoms with Crippen molar-refractivity contribution in [2.75, 3.05) is 18.2 Å². The Morgan fingerprint density at radius 2 is 1.86 bits per heavy atom. The highest BCUT2D eigenvalue weighted by Gasteiger charge is 2.17. The summed E-state index contributed by atoms with van der Waals surface area (Å²) in [6.45, 7) is 2.54. The molecule has 0 fully saturated rings. The van der Waals surface area contributed by atoms with Crippen LogP contribution in [0.3, 0.4) is 0 Å². The highest BCUT2D eigenvalue weighted by Crippen LogP contribution is 2.30. The number of hydrogen-bond acceptors (Lipinski definition) is 7. The van der Waals surface area contributed by atoms with Crippen LogP contribution in [0.1, 0.15) is 17.3 Å². The van der Waals surface area contributed by atoms with E-state index in [0.717, 1.165) is 0 Å². The van der Waals surface area contributed by atoms with Crippen LogP contribution in [0.5, 0.6) is 5.75 Å². The van der Waals surface area contributed by atoms with E-state index >= 15 is 0 Å². The lowest BCUT2D eigenvalue weighted by Gasteiger charge is -2.09. The summed E-state index contributed by atoms with van der Waals surface area (Å²) in [6.07, 6.45) is 0. The van der Waals surface area contributed by atoms with E-state index in [9.17, 15) is 14.7 Å². The molecule has 150 valence electrons. The number of rotatable bonds is 7. The summed E-state index contributed by atoms with van der Waals surface area (Å²) in [5.74, 6) is 0.164. The van der Waals surface area contributed by atoms with Crippen molar-refractivity contribution in [3.05, 3.63) is 54.1 Å². The Kier molecular flexibility index (Phi) is 6.50. The third-order valence-electron chi connectivity index (χ3n) is 4.10. The monoisotopic (exact) mass is 412 g/mol. The van der Waals surface area contributed by atoms with Crippen LogP contribution in [0.15, 0.2) is 53.7 Å². The SMILES string of the molecule is CCn1c(SCC(=O)Nc2ccc(C(=O)OC)cc2)nnc1-c1ccccc1O. The van der Waals surface area contributed by atoms with Crippen LogP contribution in [0, 0.1) is 0 Å². The molecular formula is C20H20N4O4S. The predicted octanol–water partition coefficient (Wildman–Crippen LogP) is 3.19. The van der Waals surface area contributed by atoms with Crippen molar-refractivity contribution in [3.8, 4) is 17.1 Å². The van der Waals surface area contributed by atoms with Gasteiger partial charge in [0.25, 0.3) is 0 Å². The fourth-order valence-electron chi connectivity index (χ4n) is 2.68.